The summed E-state index contributed by atoms with van der Waals surface area (Å²) in [4.78, 5) is 16.8. The van der Waals surface area contributed by atoms with Crippen LogP contribution in [0.4, 0.5) is 0 Å². The topological polar surface area (TPSA) is 55.6 Å². The molecule has 25 heavy (non-hydrogen) atoms. The molecule has 0 spiro atoms. The number of nitrogens with zero attached hydrogens (tertiary/aromatic N) is 2. The van der Waals surface area contributed by atoms with Gasteiger partial charge in [0.15, 0.2) is 0 Å². The van der Waals surface area contributed by atoms with Crippen molar-refractivity contribution in [1.29, 1.82) is 0 Å². The molecule has 0 aliphatic heterocycles. The van der Waals surface area contributed by atoms with Crippen LogP contribution in [0.5, 0.6) is 5.75 Å². The highest BCUT2D eigenvalue weighted by molar-refractivity contribution is 9.10. The summed E-state index contributed by atoms with van der Waals surface area (Å²) in [6.45, 7) is 4.55. The first kappa shape index (κ1) is 17.6. The Morgan fingerprint density at radius 1 is 1.28 bits per heavy atom. The molecule has 1 atom stereocenters. The average Bonchev–Trinajstić information content (AvgIpc) is 2.60. The number of halogens is 1. The Kier molecular flexibility index (Phi) is 5.20. The van der Waals surface area contributed by atoms with Gasteiger partial charge in [0.1, 0.15) is 11.4 Å². The van der Waals surface area contributed by atoms with Crippen LogP contribution in [0.3, 0.4) is 0 Å². The number of aromatic nitrogens is 2. The summed E-state index contributed by atoms with van der Waals surface area (Å²) in [6.07, 6.45) is 1.80. The number of rotatable bonds is 5. The molecule has 0 amide bonds. The number of aryl methyl sites for hydroxylation is 1. The van der Waals surface area contributed by atoms with Crippen LogP contribution < -0.4 is 15.6 Å². The van der Waals surface area contributed by atoms with Crippen molar-refractivity contribution in [3.05, 3.63) is 74.2 Å². The maximum atomic E-state index is 12.3. The van der Waals surface area contributed by atoms with Crippen molar-refractivity contribution in [3.63, 3.8) is 0 Å². The summed E-state index contributed by atoms with van der Waals surface area (Å²) in [5.41, 5.74) is 3.48. The number of hydrogen-bond acceptors (Lipinski definition) is 4. The van der Waals surface area contributed by atoms with Crippen LogP contribution >= 0.6 is 15.9 Å². The standard InChI is InChI=1S/C19H20BrN3O2/c1-12-4-7-18-22-15(9-19(24)23(18)11-12)10-21-13(2)14-5-6-17(25-3)16(20)8-14/h4-9,11,13,21H,10H2,1-3H3/t13-/m0/s1. The minimum atomic E-state index is -0.0645. The second kappa shape index (κ2) is 7.37. The van der Waals surface area contributed by atoms with Crippen molar-refractivity contribution in [1.82, 2.24) is 14.7 Å². The normalized spacial score (nSPS) is 12.3. The Bertz CT molecular complexity index is 969. The molecule has 1 N–H and O–H groups in total. The van der Waals surface area contributed by atoms with E-state index in [-0.39, 0.29) is 11.6 Å². The molecule has 0 saturated carbocycles. The third-order valence-corrected chi connectivity index (χ3v) is 4.75. The highest BCUT2D eigenvalue weighted by Gasteiger charge is 2.09. The molecule has 0 saturated heterocycles. The lowest BCUT2D eigenvalue weighted by molar-refractivity contribution is 0.411. The fraction of sp³-hybridized carbons (Fsp3) is 0.263. The van der Waals surface area contributed by atoms with Gasteiger partial charge < -0.3 is 10.1 Å². The van der Waals surface area contributed by atoms with Gasteiger partial charge in [-0.1, -0.05) is 12.1 Å². The van der Waals surface area contributed by atoms with Crippen molar-refractivity contribution in [2.45, 2.75) is 26.4 Å². The van der Waals surface area contributed by atoms with E-state index < -0.39 is 0 Å². The lowest BCUT2D eigenvalue weighted by Crippen LogP contribution is -2.22. The SMILES string of the molecule is COc1ccc([C@H](C)NCc2cc(=O)n3cc(C)ccc3n2)cc1Br. The Morgan fingerprint density at radius 3 is 2.80 bits per heavy atom. The van der Waals surface area contributed by atoms with E-state index in [0.29, 0.717) is 12.2 Å². The Hall–Kier alpha value is -2.18. The summed E-state index contributed by atoms with van der Waals surface area (Å²) in [5, 5.41) is 3.41. The van der Waals surface area contributed by atoms with Gasteiger partial charge in [0.25, 0.3) is 5.56 Å². The largest absolute Gasteiger partial charge is 0.496 e. The predicted molar refractivity (Wildman–Crippen MR) is 102 cm³/mol. The van der Waals surface area contributed by atoms with Crippen LogP contribution in [0.2, 0.25) is 0 Å². The van der Waals surface area contributed by atoms with Crippen LogP contribution in [0.25, 0.3) is 5.65 Å². The maximum Gasteiger partial charge on any atom is 0.258 e. The molecule has 0 bridgehead atoms. The molecule has 0 aliphatic rings. The number of nitrogens with one attached hydrogen (secondary N) is 1. The number of pyridine rings is 1. The van der Waals surface area contributed by atoms with Gasteiger partial charge in [-0.25, -0.2) is 4.98 Å². The lowest BCUT2D eigenvalue weighted by Gasteiger charge is -2.15. The predicted octanol–water partition coefficient (Wildman–Crippen LogP) is 3.62. The molecular weight excluding hydrogens is 382 g/mol. The van der Waals surface area contributed by atoms with E-state index in [4.69, 9.17) is 4.74 Å². The minimum absolute atomic E-state index is 0.0645. The van der Waals surface area contributed by atoms with E-state index in [0.717, 1.165) is 27.0 Å². The van der Waals surface area contributed by atoms with Gasteiger partial charge in [0.2, 0.25) is 0 Å². The van der Waals surface area contributed by atoms with Crippen molar-refractivity contribution < 1.29 is 4.74 Å². The van der Waals surface area contributed by atoms with Crippen LogP contribution in [-0.2, 0) is 6.54 Å². The molecule has 130 valence electrons. The molecule has 3 rings (SSSR count). The van der Waals surface area contributed by atoms with Crippen molar-refractivity contribution in [2.24, 2.45) is 0 Å². The molecule has 0 fully saturated rings. The Balaban J connectivity index is 1.77. The van der Waals surface area contributed by atoms with Crippen LogP contribution in [0, 0.1) is 6.92 Å². The zero-order chi connectivity index (χ0) is 18.0. The molecular formula is C19H20BrN3O2. The lowest BCUT2D eigenvalue weighted by atomic mass is 10.1. The highest BCUT2D eigenvalue weighted by atomic mass is 79.9. The van der Waals surface area contributed by atoms with E-state index in [1.54, 1.807) is 23.8 Å². The van der Waals surface area contributed by atoms with Crippen molar-refractivity contribution in [2.75, 3.05) is 7.11 Å². The molecule has 0 unspecified atom stereocenters. The van der Waals surface area contributed by atoms with Gasteiger partial charge in [-0.2, -0.15) is 0 Å². The fourth-order valence-corrected chi connectivity index (χ4v) is 3.23. The summed E-state index contributed by atoms with van der Waals surface area (Å²) in [7, 11) is 1.65. The first-order chi connectivity index (χ1) is 12.0. The fourth-order valence-electron chi connectivity index (χ4n) is 2.68. The summed E-state index contributed by atoms with van der Waals surface area (Å²) < 4.78 is 7.74. The quantitative estimate of drug-likeness (QED) is 0.708. The highest BCUT2D eigenvalue weighted by Crippen LogP contribution is 2.28. The van der Waals surface area contributed by atoms with Gasteiger partial charge in [0, 0.05) is 24.8 Å². The molecule has 0 aliphatic carbocycles. The molecule has 1 aromatic carbocycles. The van der Waals surface area contributed by atoms with Gasteiger partial charge in [0.05, 0.1) is 17.3 Å². The summed E-state index contributed by atoms with van der Waals surface area (Å²) in [5.74, 6) is 0.801. The van der Waals surface area contributed by atoms with Gasteiger partial charge in [-0.05, 0) is 59.1 Å². The number of benzene rings is 1. The van der Waals surface area contributed by atoms with E-state index >= 15 is 0 Å². The number of hydrogen-bond donors (Lipinski definition) is 1. The second-order valence-electron chi connectivity index (χ2n) is 6.02. The van der Waals surface area contributed by atoms with Gasteiger partial charge in [-0.15, -0.1) is 0 Å². The van der Waals surface area contributed by atoms with Crippen molar-refractivity contribution in [3.8, 4) is 5.75 Å². The first-order valence-electron chi connectivity index (χ1n) is 8.03. The summed E-state index contributed by atoms with van der Waals surface area (Å²) >= 11 is 3.50. The van der Waals surface area contributed by atoms with E-state index in [2.05, 4.69) is 33.2 Å². The zero-order valence-corrected chi connectivity index (χ0v) is 16.0. The zero-order valence-electron chi connectivity index (χ0n) is 14.4. The summed E-state index contributed by atoms with van der Waals surface area (Å²) in [6, 6.07) is 11.5. The van der Waals surface area contributed by atoms with E-state index in [1.165, 1.54) is 0 Å². The molecule has 6 heteroatoms. The van der Waals surface area contributed by atoms with E-state index in [9.17, 15) is 4.79 Å². The maximum absolute atomic E-state index is 12.3. The molecule has 0 radical (unpaired) electrons. The Morgan fingerprint density at radius 2 is 2.08 bits per heavy atom. The van der Waals surface area contributed by atoms with Crippen molar-refractivity contribution >= 4 is 21.6 Å². The second-order valence-corrected chi connectivity index (χ2v) is 6.87. The van der Waals surface area contributed by atoms with Crippen LogP contribution in [-0.4, -0.2) is 16.5 Å². The molecule has 2 heterocycles. The van der Waals surface area contributed by atoms with Crippen LogP contribution in [0.15, 0.2) is 51.9 Å². The molecule has 2 aromatic heterocycles. The Labute approximate surface area is 154 Å². The van der Waals surface area contributed by atoms with Crippen LogP contribution in [0.1, 0.15) is 29.8 Å². The number of fused-ring (bicyclic) bond motifs is 1. The molecule has 5 nitrogen and oxygen atoms in total. The third-order valence-electron chi connectivity index (χ3n) is 4.13. The first-order valence-corrected chi connectivity index (χ1v) is 8.83. The van der Waals surface area contributed by atoms with Gasteiger partial charge >= 0.3 is 0 Å². The van der Waals surface area contributed by atoms with E-state index in [1.807, 2.05) is 37.3 Å². The van der Waals surface area contributed by atoms with Gasteiger partial charge in [-0.3, -0.25) is 9.20 Å². The number of ether oxygens (including phenoxy) is 1. The smallest absolute Gasteiger partial charge is 0.258 e. The third kappa shape index (κ3) is 3.91. The monoisotopic (exact) mass is 401 g/mol. The molecule has 3 aromatic rings. The number of methoxy groups -OCH3 is 1. The minimum Gasteiger partial charge on any atom is -0.496 e. The average molecular weight is 402 g/mol.